The van der Waals surface area contributed by atoms with Gasteiger partial charge >= 0.3 is 6.09 Å². The average molecular weight is 365 g/mol. The molecule has 1 aromatic carbocycles. The highest BCUT2D eigenvalue weighted by Crippen LogP contribution is 2.24. The molecule has 0 spiro atoms. The van der Waals surface area contributed by atoms with E-state index < -0.39 is 21.7 Å². The number of amides is 1. The van der Waals surface area contributed by atoms with Crippen molar-refractivity contribution in [1.29, 1.82) is 5.26 Å². The van der Waals surface area contributed by atoms with E-state index in [0.29, 0.717) is 31.6 Å². The van der Waals surface area contributed by atoms with Crippen molar-refractivity contribution in [1.82, 2.24) is 9.62 Å². The number of benzene rings is 1. The number of nitriles is 1. The first-order valence-electron chi connectivity index (χ1n) is 8.09. The summed E-state index contributed by atoms with van der Waals surface area (Å²) in [7, 11) is -3.58. The van der Waals surface area contributed by atoms with Crippen molar-refractivity contribution in [3.8, 4) is 6.07 Å². The van der Waals surface area contributed by atoms with E-state index in [9.17, 15) is 13.2 Å². The summed E-state index contributed by atoms with van der Waals surface area (Å²) in [5.74, 6) is 0.0423. The van der Waals surface area contributed by atoms with Crippen LogP contribution in [0.5, 0.6) is 0 Å². The fourth-order valence-corrected chi connectivity index (χ4v) is 4.11. The molecule has 1 amide bonds. The quantitative estimate of drug-likeness (QED) is 0.881. The molecule has 1 fully saturated rings. The standard InChI is InChI=1S/C17H23N3O4S/c1-17(2,3)24-16(21)19-11-14-8-9-20(12-14)25(22,23)15-6-4-13(10-18)5-7-15/h4-7,14H,8-9,11-12H2,1-3H3,(H,19,21). The number of hydrogen-bond acceptors (Lipinski definition) is 5. The highest BCUT2D eigenvalue weighted by Gasteiger charge is 2.32. The summed E-state index contributed by atoms with van der Waals surface area (Å²) in [6.45, 7) is 6.48. The van der Waals surface area contributed by atoms with Gasteiger partial charge < -0.3 is 10.1 Å². The predicted octanol–water partition coefficient (Wildman–Crippen LogP) is 2.09. The number of rotatable bonds is 4. The molecule has 0 saturated carbocycles. The molecular weight excluding hydrogens is 342 g/mol. The highest BCUT2D eigenvalue weighted by atomic mass is 32.2. The Morgan fingerprint density at radius 1 is 1.36 bits per heavy atom. The number of sulfonamides is 1. The first-order valence-corrected chi connectivity index (χ1v) is 9.53. The van der Waals surface area contributed by atoms with E-state index in [-0.39, 0.29) is 10.8 Å². The van der Waals surface area contributed by atoms with E-state index in [1.165, 1.54) is 28.6 Å². The summed E-state index contributed by atoms with van der Waals surface area (Å²) >= 11 is 0. The van der Waals surface area contributed by atoms with Crippen molar-refractivity contribution < 1.29 is 17.9 Å². The van der Waals surface area contributed by atoms with Gasteiger partial charge in [0.05, 0.1) is 16.5 Å². The monoisotopic (exact) mass is 365 g/mol. The van der Waals surface area contributed by atoms with Crippen molar-refractivity contribution in [2.45, 2.75) is 37.7 Å². The Hall–Kier alpha value is -2.11. The van der Waals surface area contributed by atoms with E-state index in [4.69, 9.17) is 10.00 Å². The van der Waals surface area contributed by atoms with Crippen molar-refractivity contribution in [3.05, 3.63) is 29.8 Å². The molecule has 8 heteroatoms. The third-order valence-electron chi connectivity index (χ3n) is 3.80. The van der Waals surface area contributed by atoms with Gasteiger partial charge in [-0.3, -0.25) is 0 Å². The number of hydrogen-bond donors (Lipinski definition) is 1. The Balaban J connectivity index is 1.93. The maximum atomic E-state index is 12.6. The molecule has 0 bridgehead atoms. The molecule has 1 atom stereocenters. The van der Waals surface area contributed by atoms with Gasteiger partial charge in [0.15, 0.2) is 0 Å². The van der Waals surface area contributed by atoms with Gasteiger partial charge in [-0.2, -0.15) is 9.57 Å². The minimum absolute atomic E-state index is 0.0423. The van der Waals surface area contributed by atoms with E-state index >= 15 is 0 Å². The van der Waals surface area contributed by atoms with Crippen LogP contribution < -0.4 is 5.32 Å². The Morgan fingerprint density at radius 2 is 2.00 bits per heavy atom. The van der Waals surface area contributed by atoms with E-state index in [1.54, 1.807) is 20.8 Å². The second-order valence-electron chi connectivity index (χ2n) is 7.04. The van der Waals surface area contributed by atoms with Crippen molar-refractivity contribution in [3.63, 3.8) is 0 Å². The number of alkyl carbamates (subject to hydrolysis) is 1. The SMILES string of the molecule is CC(C)(C)OC(=O)NCC1CCN(S(=O)(=O)c2ccc(C#N)cc2)C1. The Bertz CT molecular complexity index is 761. The van der Waals surface area contributed by atoms with Gasteiger partial charge in [-0.05, 0) is 57.4 Å². The van der Waals surface area contributed by atoms with E-state index in [0.717, 1.165) is 0 Å². The second-order valence-corrected chi connectivity index (χ2v) is 8.97. The number of carbonyl (C=O) groups is 1. The molecule has 1 unspecified atom stereocenters. The molecule has 25 heavy (non-hydrogen) atoms. The second kappa shape index (κ2) is 7.42. The molecule has 1 aromatic rings. The fourth-order valence-electron chi connectivity index (χ4n) is 2.57. The molecule has 0 radical (unpaired) electrons. The van der Waals surface area contributed by atoms with Gasteiger partial charge in [0, 0.05) is 19.6 Å². The van der Waals surface area contributed by atoms with Crippen molar-refractivity contribution in [2.24, 2.45) is 5.92 Å². The minimum Gasteiger partial charge on any atom is -0.444 e. The summed E-state index contributed by atoms with van der Waals surface area (Å²) in [6, 6.07) is 7.84. The zero-order valence-electron chi connectivity index (χ0n) is 14.7. The number of ether oxygens (including phenoxy) is 1. The third kappa shape index (κ3) is 5.18. The van der Waals surface area contributed by atoms with Gasteiger partial charge in [0.1, 0.15) is 5.60 Å². The predicted molar refractivity (Wildman–Crippen MR) is 92.3 cm³/mol. The first-order chi connectivity index (χ1) is 11.6. The Kier molecular flexibility index (Phi) is 5.70. The van der Waals surface area contributed by atoms with Crippen LogP contribution in [0.25, 0.3) is 0 Å². The zero-order valence-corrected chi connectivity index (χ0v) is 15.5. The molecule has 7 nitrogen and oxygen atoms in total. The normalized spacial score (nSPS) is 18.6. The zero-order chi connectivity index (χ0) is 18.7. The average Bonchev–Trinajstić information content (AvgIpc) is 3.01. The lowest BCUT2D eigenvalue weighted by molar-refractivity contribution is 0.0520. The van der Waals surface area contributed by atoms with Gasteiger partial charge in [-0.15, -0.1) is 0 Å². The summed E-state index contributed by atoms with van der Waals surface area (Å²) in [5, 5.41) is 11.5. The molecule has 1 aliphatic heterocycles. The molecule has 1 N–H and O–H groups in total. The van der Waals surface area contributed by atoms with Crippen LogP contribution in [-0.2, 0) is 14.8 Å². The van der Waals surface area contributed by atoms with Crippen LogP contribution in [0, 0.1) is 17.2 Å². The Morgan fingerprint density at radius 3 is 2.56 bits per heavy atom. The van der Waals surface area contributed by atoms with Crippen LogP contribution in [0.1, 0.15) is 32.8 Å². The maximum Gasteiger partial charge on any atom is 0.407 e. The van der Waals surface area contributed by atoms with E-state index in [1.807, 2.05) is 6.07 Å². The molecule has 0 aliphatic carbocycles. The summed E-state index contributed by atoms with van der Waals surface area (Å²) < 4.78 is 31.9. The van der Waals surface area contributed by atoms with E-state index in [2.05, 4.69) is 5.32 Å². The largest absolute Gasteiger partial charge is 0.444 e. The lowest BCUT2D eigenvalue weighted by atomic mass is 10.1. The molecule has 1 saturated heterocycles. The number of carbonyl (C=O) groups excluding carboxylic acids is 1. The van der Waals surface area contributed by atoms with Crippen LogP contribution in [0.15, 0.2) is 29.2 Å². The van der Waals surface area contributed by atoms with Crippen LogP contribution in [0.2, 0.25) is 0 Å². The number of nitrogens with zero attached hydrogens (tertiary/aromatic N) is 2. The topological polar surface area (TPSA) is 99.5 Å². The molecule has 1 aliphatic rings. The minimum atomic E-state index is -3.58. The fraction of sp³-hybridized carbons (Fsp3) is 0.529. The third-order valence-corrected chi connectivity index (χ3v) is 5.68. The summed E-state index contributed by atoms with van der Waals surface area (Å²) in [4.78, 5) is 11.9. The smallest absolute Gasteiger partial charge is 0.407 e. The molecular formula is C17H23N3O4S. The Labute approximate surface area is 148 Å². The number of nitrogens with one attached hydrogen (secondary N) is 1. The maximum absolute atomic E-state index is 12.6. The van der Waals surface area contributed by atoms with Crippen LogP contribution in [0.3, 0.4) is 0 Å². The molecule has 1 heterocycles. The summed E-state index contributed by atoms with van der Waals surface area (Å²) in [6.07, 6.45) is 0.173. The molecule has 136 valence electrons. The molecule has 2 rings (SSSR count). The first kappa shape index (κ1) is 19.2. The van der Waals surface area contributed by atoms with Gasteiger partial charge in [-0.1, -0.05) is 0 Å². The van der Waals surface area contributed by atoms with Crippen LogP contribution >= 0.6 is 0 Å². The van der Waals surface area contributed by atoms with Gasteiger partial charge in [0.2, 0.25) is 10.0 Å². The summed E-state index contributed by atoms with van der Waals surface area (Å²) in [5.41, 5.74) is -0.148. The van der Waals surface area contributed by atoms with Crippen LogP contribution in [-0.4, -0.2) is 44.1 Å². The lowest BCUT2D eigenvalue weighted by Gasteiger charge is -2.21. The van der Waals surface area contributed by atoms with Crippen molar-refractivity contribution >= 4 is 16.1 Å². The van der Waals surface area contributed by atoms with Crippen LogP contribution in [0.4, 0.5) is 4.79 Å². The highest BCUT2D eigenvalue weighted by molar-refractivity contribution is 7.89. The van der Waals surface area contributed by atoms with Gasteiger partial charge in [0.25, 0.3) is 0 Å². The lowest BCUT2D eigenvalue weighted by Crippen LogP contribution is -2.36. The molecule has 0 aromatic heterocycles. The van der Waals surface area contributed by atoms with Gasteiger partial charge in [-0.25, -0.2) is 13.2 Å². The van der Waals surface area contributed by atoms with Crippen molar-refractivity contribution in [2.75, 3.05) is 19.6 Å².